The van der Waals surface area contributed by atoms with E-state index in [0.29, 0.717) is 26.3 Å². The van der Waals surface area contributed by atoms with Crippen LogP contribution >= 0.6 is 0 Å². The molecule has 0 radical (unpaired) electrons. The average Bonchev–Trinajstić information content (AvgIpc) is 3.28. The second kappa shape index (κ2) is 8.58. The Morgan fingerprint density at radius 2 is 1.81 bits per heavy atom. The van der Waals surface area contributed by atoms with E-state index in [-0.39, 0.29) is 18.0 Å². The van der Waals surface area contributed by atoms with Gasteiger partial charge in [0.2, 0.25) is 5.95 Å². The number of amides is 1. The first-order valence-electron chi connectivity index (χ1n) is 10.8. The Kier molecular flexibility index (Phi) is 5.48. The molecule has 0 bridgehead atoms. The van der Waals surface area contributed by atoms with Crippen molar-refractivity contribution in [2.24, 2.45) is 0 Å². The third-order valence-electron chi connectivity index (χ3n) is 6.14. The maximum absolute atomic E-state index is 11.9. The fourth-order valence-corrected chi connectivity index (χ4v) is 4.38. The lowest BCUT2D eigenvalue weighted by molar-refractivity contribution is 0.112. The van der Waals surface area contributed by atoms with Crippen molar-refractivity contribution in [3.05, 3.63) is 30.4 Å². The van der Waals surface area contributed by atoms with E-state index < -0.39 is 0 Å². The monoisotopic (exact) mass is 438 g/mol. The summed E-state index contributed by atoms with van der Waals surface area (Å²) in [6.45, 7) is 4.22. The molecule has 2 aliphatic rings. The molecule has 0 saturated carbocycles. The Hall–Kier alpha value is -3.47. The molecule has 11 heteroatoms. The van der Waals surface area contributed by atoms with Crippen LogP contribution in [-0.2, 0) is 9.47 Å². The van der Waals surface area contributed by atoms with E-state index in [2.05, 4.69) is 14.9 Å². The van der Waals surface area contributed by atoms with Gasteiger partial charge >= 0.3 is 6.09 Å². The van der Waals surface area contributed by atoms with Crippen molar-refractivity contribution < 1.29 is 14.3 Å². The zero-order chi connectivity index (χ0) is 22.1. The second-order valence-corrected chi connectivity index (χ2v) is 7.99. The lowest BCUT2D eigenvalue weighted by Crippen LogP contribution is -2.38. The molecule has 11 nitrogen and oxygen atoms in total. The largest absolute Gasteiger partial charge is 0.453 e. The van der Waals surface area contributed by atoms with Gasteiger partial charge in [-0.3, -0.25) is 0 Å². The number of methoxy groups -OCH3 is 1. The summed E-state index contributed by atoms with van der Waals surface area (Å²) in [4.78, 5) is 28.9. The number of nitrogen functional groups attached to an aromatic ring is 1. The Morgan fingerprint density at radius 3 is 2.50 bits per heavy atom. The molecule has 168 valence electrons. The topological polar surface area (TPSA) is 124 Å². The smallest absolute Gasteiger partial charge is 0.409 e. The first-order valence-corrected chi connectivity index (χ1v) is 10.8. The van der Waals surface area contributed by atoms with Gasteiger partial charge in [-0.25, -0.2) is 24.3 Å². The van der Waals surface area contributed by atoms with Crippen molar-refractivity contribution in [1.82, 2.24) is 29.5 Å². The number of hydrogen-bond donors (Lipinski definition) is 1. The number of carbonyl (C=O) groups excluding carboxylic acids is 1. The van der Waals surface area contributed by atoms with Crippen LogP contribution in [0.1, 0.15) is 24.5 Å². The highest BCUT2D eigenvalue weighted by Gasteiger charge is 2.28. The number of rotatable bonds is 3. The predicted molar refractivity (Wildman–Crippen MR) is 117 cm³/mol. The number of nitrogens with zero attached hydrogens (tertiary/aromatic N) is 7. The number of morpholine rings is 1. The first-order chi connectivity index (χ1) is 15.6. The Bertz CT molecular complexity index is 1100. The minimum absolute atomic E-state index is 0.226. The van der Waals surface area contributed by atoms with Gasteiger partial charge < -0.3 is 25.0 Å². The molecule has 0 aliphatic carbocycles. The minimum atomic E-state index is -0.278. The number of hydrogen-bond acceptors (Lipinski definition) is 9. The molecule has 2 fully saturated rings. The van der Waals surface area contributed by atoms with Crippen molar-refractivity contribution in [2.75, 3.05) is 57.1 Å². The molecular formula is C21H26N8O3. The summed E-state index contributed by atoms with van der Waals surface area (Å²) in [7, 11) is 1.42. The summed E-state index contributed by atoms with van der Waals surface area (Å²) in [6, 6.07) is 2.03. The summed E-state index contributed by atoms with van der Waals surface area (Å²) < 4.78 is 12.3. The van der Waals surface area contributed by atoms with Crippen LogP contribution in [0.2, 0.25) is 0 Å². The fourth-order valence-electron chi connectivity index (χ4n) is 4.38. The normalized spacial score (nSPS) is 17.7. The highest BCUT2D eigenvalue weighted by atomic mass is 16.5. The van der Waals surface area contributed by atoms with Gasteiger partial charge in [-0.1, -0.05) is 0 Å². The van der Waals surface area contributed by atoms with Gasteiger partial charge in [-0.05, 0) is 18.9 Å². The van der Waals surface area contributed by atoms with E-state index in [9.17, 15) is 4.79 Å². The molecule has 0 atom stereocenters. The van der Waals surface area contributed by atoms with Gasteiger partial charge in [-0.15, -0.1) is 0 Å². The predicted octanol–water partition coefficient (Wildman–Crippen LogP) is 1.55. The number of imidazole rings is 1. The lowest BCUT2D eigenvalue weighted by atomic mass is 9.94. The van der Waals surface area contributed by atoms with Crippen LogP contribution in [0.5, 0.6) is 0 Å². The molecule has 2 saturated heterocycles. The Balaban J connectivity index is 1.54. The van der Waals surface area contributed by atoms with Crippen molar-refractivity contribution in [3.8, 4) is 11.3 Å². The summed E-state index contributed by atoms with van der Waals surface area (Å²) >= 11 is 0. The Labute approximate surface area is 185 Å². The molecule has 0 aromatic carbocycles. The van der Waals surface area contributed by atoms with E-state index in [1.165, 1.54) is 7.11 Å². The molecule has 2 N–H and O–H groups in total. The van der Waals surface area contributed by atoms with Gasteiger partial charge in [0, 0.05) is 50.1 Å². The van der Waals surface area contributed by atoms with Gasteiger partial charge in [0.15, 0.2) is 5.65 Å². The van der Waals surface area contributed by atoms with E-state index in [1.807, 2.05) is 16.8 Å². The lowest BCUT2D eigenvalue weighted by Gasteiger charge is -2.31. The van der Waals surface area contributed by atoms with Gasteiger partial charge in [0.1, 0.15) is 0 Å². The number of anilines is 2. The van der Waals surface area contributed by atoms with Gasteiger partial charge in [-0.2, -0.15) is 5.10 Å². The number of fused-ring (bicyclic) bond motifs is 1. The van der Waals surface area contributed by atoms with Crippen LogP contribution in [0, 0.1) is 0 Å². The quantitative estimate of drug-likeness (QED) is 0.648. The van der Waals surface area contributed by atoms with E-state index in [1.54, 1.807) is 17.3 Å². The maximum atomic E-state index is 11.9. The molecule has 5 rings (SSSR count). The highest BCUT2D eigenvalue weighted by molar-refractivity contribution is 5.75. The summed E-state index contributed by atoms with van der Waals surface area (Å²) in [6.07, 6.45) is 6.66. The molecule has 3 aromatic heterocycles. The summed E-state index contributed by atoms with van der Waals surface area (Å²) in [5.74, 6) is 0.470. The molecular weight excluding hydrogens is 412 g/mol. The number of aromatic nitrogens is 5. The SMILES string of the molecule is COC(=O)N1CCC(c2cnc3c(N4CCOCC4)cc(-c4cnc(N)nc4)nn23)CC1. The number of nitrogens with two attached hydrogens (primary N) is 1. The summed E-state index contributed by atoms with van der Waals surface area (Å²) in [5.41, 5.74) is 10.1. The maximum Gasteiger partial charge on any atom is 0.409 e. The van der Waals surface area contributed by atoms with Crippen LogP contribution in [-0.4, -0.2) is 82.1 Å². The highest BCUT2D eigenvalue weighted by Crippen LogP contribution is 2.33. The second-order valence-electron chi connectivity index (χ2n) is 7.99. The zero-order valence-corrected chi connectivity index (χ0v) is 18.0. The molecule has 3 aromatic rings. The van der Waals surface area contributed by atoms with E-state index in [0.717, 1.165) is 54.2 Å². The first kappa shape index (κ1) is 20.4. The molecule has 0 spiro atoms. The fraction of sp³-hybridized carbons (Fsp3) is 0.476. The molecule has 2 aliphatic heterocycles. The molecule has 1 amide bonds. The number of likely N-dealkylation sites (tertiary alicyclic amines) is 1. The zero-order valence-electron chi connectivity index (χ0n) is 18.0. The number of piperidine rings is 1. The Morgan fingerprint density at radius 1 is 1.09 bits per heavy atom. The standard InChI is InChI=1S/C21H26N8O3/c1-31-21(30)28-4-2-14(3-5-28)18-13-23-19-17(27-6-8-32-9-7-27)10-16(26-29(18)19)15-11-24-20(22)25-12-15/h10-14H,2-9H2,1H3,(H2,22,24,25). The summed E-state index contributed by atoms with van der Waals surface area (Å²) in [5, 5.41) is 4.91. The van der Waals surface area contributed by atoms with Gasteiger partial charge in [0.25, 0.3) is 0 Å². The van der Waals surface area contributed by atoms with Crippen LogP contribution in [0.25, 0.3) is 16.9 Å². The number of carbonyl (C=O) groups is 1. The minimum Gasteiger partial charge on any atom is -0.453 e. The number of ether oxygens (including phenoxy) is 2. The molecule has 32 heavy (non-hydrogen) atoms. The van der Waals surface area contributed by atoms with Gasteiger partial charge in [0.05, 0.1) is 43.6 Å². The van der Waals surface area contributed by atoms with Crippen molar-refractivity contribution in [2.45, 2.75) is 18.8 Å². The van der Waals surface area contributed by atoms with Crippen molar-refractivity contribution >= 4 is 23.4 Å². The van der Waals surface area contributed by atoms with Crippen molar-refractivity contribution in [1.29, 1.82) is 0 Å². The van der Waals surface area contributed by atoms with Crippen LogP contribution in [0.3, 0.4) is 0 Å². The molecule has 0 unspecified atom stereocenters. The molecule has 5 heterocycles. The van der Waals surface area contributed by atoms with Crippen LogP contribution < -0.4 is 10.6 Å². The third-order valence-corrected chi connectivity index (χ3v) is 6.14. The van der Waals surface area contributed by atoms with E-state index >= 15 is 0 Å². The van der Waals surface area contributed by atoms with E-state index in [4.69, 9.17) is 25.3 Å². The van der Waals surface area contributed by atoms with Crippen molar-refractivity contribution in [3.63, 3.8) is 0 Å². The van der Waals surface area contributed by atoms with Crippen LogP contribution in [0.15, 0.2) is 24.7 Å². The average molecular weight is 438 g/mol. The van der Waals surface area contributed by atoms with Crippen LogP contribution in [0.4, 0.5) is 16.4 Å². The third kappa shape index (κ3) is 3.79.